The van der Waals surface area contributed by atoms with Crippen LogP contribution in [0.2, 0.25) is 0 Å². The van der Waals surface area contributed by atoms with Crippen LogP contribution in [-0.4, -0.2) is 29.9 Å². The molecule has 2 heterocycles. The minimum Gasteiger partial charge on any atom is -0.466 e. The molecule has 1 aliphatic heterocycles. The number of nitrogens with zero attached hydrogens (tertiary/aromatic N) is 1. The van der Waals surface area contributed by atoms with Crippen molar-refractivity contribution in [3.63, 3.8) is 0 Å². The van der Waals surface area contributed by atoms with Gasteiger partial charge in [0.25, 0.3) is 5.91 Å². The van der Waals surface area contributed by atoms with E-state index in [4.69, 9.17) is 10.2 Å². The molecule has 3 N–H and O–H groups in total. The number of urea groups is 1. The molecule has 1 aliphatic rings. The predicted octanol–water partition coefficient (Wildman–Crippen LogP) is 0.561. The van der Waals surface area contributed by atoms with E-state index in [0.717, 1.165) is 4.90 Å². The van der Waals surface area contributed by atoms with Crippen molar-refractivity contribution in [1.29, 1.82) is 0 Å². The maximum Gasteiger partial charge on any atom is 0.325 e. The van der Waals surface area contributed by atoms with E-state index in [9.17, 15) is 9.59 Å². The highest BCUT2D eigenvalue weighted by Gasteiger charge is 2.50. The van der Waals surface area contributed by atoms with E-state index in [-0.39, 0.29) is 19.0 Å². The van der Waals surface area contributed by atoms with Crippen LogP contribution in [0.4, 0.5) is 4.79 Å². The molecule has 6 heteroatoms. The van der Waals surface area contributed by atoms with Gasteiger partial charge in [-0.05, 0) is 24.6 Å². The maximum atomic E-state index is 12.3. The van der Waals surface area contributed by atoms with Crippen LogP contribution in [-0.2, 0) is 10.3 Å². The van der Waals surface area contributed by atoms with Crippen molar-refractivity contribution < 1.29 is 14.0 Å². The van der Waals surface area contributed by atoms with E-state index in [2.05, 4.69) is 11.9 Å². The summed E-state index contributed by atoms with van der Waals surface area (Å²) in [7, 11) is 0. The number of nitrogens with one attached hydrogen (secondary N) is 1. The molecule has 0 saturated carbocycles. The molecule has 3 amide bonds. The number of carbonyl (C=O) groups excluding carboxylic acids is 2. The fraction of sp³-hybridized carbons (Fsp3) is 0.333. The third-order valence-corrected chi connectivity index (χ3v) is 2.96. The molecular formula is C12H15N3O3. The second-order valence-electron chi connectivity index (χ2n) is 4.38. The number of hydrogen-bond acceptors (Lipinski definition) is 4. The zero-order chi connectivity index (χ0) is 13.3. The lowest BCUT2D eigenvalue weighted by Gasteiger charge is -2.19. The van der Waals surface area contributed by atoms with Gasteiger partial charge in [-0.25, -0.2) is 4.79 Å². The monoisotopic (exact) mass is 249 g/mol. The fourth-order valence-electron chi connectivity index (χ4n) is 1.86. The van der Waals surface area contributed by atoms with Gasteiger partial charge in [-0.2, -0.15) is 0 Å². The highest BCUT2D eigenvalue weighted by Crippen LogP contribution is 2.29. The van der Waals surface area contributed by atoms with E-state index in [0.29, 0.717) is 11.3 Å². The summed E-state index contributed by atoms with van der Waals surface area (Å²) in [5.74, 6) is 0.0405. The SMILES string of the molecule is C=C(CN)CN1C(=O)NC(C)(c2ccco2)C1=O. The molecule has 1 aromatic rings. The predicted molar refractivity (Wildman–Crippen MR) is 64.5 cm³/mol. The summed E-state index contributed by atoms with van der Waals surface area (Å²) in [4.78, 5) is 25.2. The van der Waals surface area contributed by atoms with Crippen molar-refractivity contribution in [2.75, 3.05) is 13.1 Å². The largest absolute Gasteiger partial charge is 0.466 e. The number of carbonyl (C=O) groups is 2. The average Bonchev–Trinajstić information content (AvgIpc) is 2.93. The van der Waals surface area contributed by atoms with Crippen LogP contribution in [0, 0.1) is 0 Å². The van der Waals surface area contributed by atoms with Crippen LogP contribution >= 0.6 is 0 Å². The molecule has 0 bridgehead atoms. The summed E-state index contributed by atoms with van der Waals surface area (Å²) in [5.41, 5.74) is 4.87. The molecule has 1 fully saturated rings. The molecule has 6 nitrogen and oxygen atoms in total. The molecule has 1 aromatic heterocycles. The third-order valence-electron chi connectivity index (χ3n) is 2.96. The summed E-state index contributed by atoms with van der Waals surface area (Å²) in [6, 6.07) is 2.86. The van der Waals surface area contributed by atoms with E-state index >= 15 is 0 Å². The van der Waals surface area contributed by atoms with Crippen LogP contribution in [0.3, 0.4) is 0 Å². The highest BCUT2D eigenvalue weighted by molar-refractivity contribution is 6.07. The quantitative estimate of drug-likeness (QED) is 0.603. The van der Waals surface area contributed by atoms with Crippen LogP contribution in [0.15, 0.2) is 35.0 Å². The molecule has 18 heavy (non-hydrogen) atoms. The summed E-state index contributed by atoms with van der Waals surface area (Å²) in [6.07, 6.45) is 1.46. The van der Waals surface area contributed by atoms with Gasteiger partial charge in [0.1, 0.15) is 5.76 Å². The standard InChI is InChI=1S/C12H15N3O3/c1-8(6-13)7-15-10(16)12(2,14-11(15)17)9-4-3-5-18-9/h3-5H,1,6-7,13H2,2H3,(H,14,17). The van der Waals surface area contributed by atoms with E-state index < -0.39 is 11.6 Å². The highest BCUT2D eigenvalue weighted by atomic mass is 16.3. The Morgan fingerprint density at radius 2 is 2.33 bits per heavy atom. The lowest BCUT2D eigenvalue weighted by Crippen LogP contribution is -2.40. The van der Waals surface area contributed by atoms with Crippen molar-refractivity contribution in [3.8, 4) is 0 Å². The molecule has 2 rings (SSSR count). The molecule has 0 aliphatic carbocycles. The first-order valence-electron chi connectivity index (χ1n) is 5.54. The van der Waals surface area contributed by atoms with E-state index in [1.807, 2.05) is 0 Å². The Labute approximate surface area is 104 Å². The number of amides is 3. The van der Waals surface area contributed by atoms with Gasteiger partial charge in [-0.1, -0.05) is 6.58 Å². The second kappa shape index (κ2) is 4.30. The van der Waals surface area contributed by atoms with Gasteiger partial charge in [-0.3, -0.25) is 9.69 Å². The van der Waals surface area contributed by atoms with Gasteiger partial charge in [0.2, 0.25) is 0 Å². The minimum atomic E-state index is -1.16. The van der Waals surface area contributed by atoms with Gasteiger partial charge in [-0.15, -0.1) is 0 Å². The van der Waals surface area contributed by atoms with Crippen molar-refractivity contribution in [2.24, 2.45) is 5.73 Å². The normalized spacial score (nSPS) is 23.3. The lowest BCUT2D eigenvalue weighted by molar-refractivity contribution is -0.131. The van der Waals surface area contributed by atoms with Crippen molar-refractivity contribution in [3.05, 3.63) is 36.3 Å². The Bertz CT molecular complexity index is 495. The molecule has 1 saturated heterocycles. The number of imide groups is 1. The summed E-state index contributed by atoms with van der Waals surface area (Å²) >= 11 is 0. The molecule has 0 radical (unpaired) electrons. The zero-order valence-corrected chi connectivity index (χ0v) is 10.1. The van der Waals surface area contributed by atoms with Gasteiger partial charge in [0.05, 0.1) is 12.8 Å². The van der Waals surface area contributed by atoms with E-state index in [1.165, 1.54) is 6.26 Å². The first-order valence-corrected chi connectivity index (χ1v) is 5.54. The van der Waals surface area contributed by atoms with Crippen molar-refractivity contribution >= 4 is 11.9 Å². The topological polar surface area (TPSA) is 88.6 Å². The smallest absolute Gasteiger partial charge is 0.325 e. The molecule has 0 spiro atoms. The van der Waals surface area contributed by atoms with Crippen LogP contribution < -0.4 is 11.1 Å². The van der Waals surface area contributed by atoms with Crippen LogP contribution in [0.5, 0.6) is 0 Å². The molecule has 1 unspecified atom stereocenters. The Balaban J connectivity index is 2.26. The van der Waals surface area contributed by atoms with E-state index in [1.54, 1.807) is 19.1 Å². The minimum absolute atomic E-state index is 0.122. The summed E-state index contributed by atoms with van der Waals surface area (Å²) < 4.78 is 5.21. The molecule has 1 atom stereocenters. The maximum absolute atomic E-state index is 12.3. The second-order valence-corrected chi connectivity index (χ2v) is 4.38. The third kappa shape index (κ3) is 1.80. The molecular weight excluding hydrogens is 234 g/mol. The van der Waals surface area contributed by atoms with Crippen molar-refractivity contribution in [2.45, 2.75) is 12.5 Å². The fourth-order valence-corrected chi connectivity index (χ4v) is 1.86. The Morgan fingerprint density at radius 3 is 2.89 bits per heavy atom. The zero-order valence-electron chi connectivity index (χ0n) is 10.1. The Morgan fingerprint density at radius 1 is 1.61 bits per heavy atom. The molecule has 0 aromatic carbocycles. The number of rotatable bonds is 4. The molecule has 96 valence electrons. The summed E-state index contributed by atoms with van der Waals surface area (Å²) in [6.45, 7) is 5.66. The first kappa shape index (κ1) is 12.4. The van der Waals surface area contributed by atoms with Gasteiger partial charge in [0, 0.05) is 6.54 Å². The number of nitrogens with two attached hydrogens (primary N) is 1. The van der Waals surface area contributed by atoms with Gasteiger partial charge < -0.3 is 15.5 Å². The Hall–Kier alpha value is -2.08. The number of furan rings is 1. The van der Waals surface area contributed by atoms with Crippen LogP contribution in [0.1, 0.15) is 12.7 Å². The van der Waals surface area contributed by atoms with Crippen molar-refractivity contribution in [1.82, 2.24) is 10.2 Å². The summed E-state index contributed by atoms with van der Waals surface area (Å²) in [5, 5.41) is 2.62. The number of hydrogen-bond donors (Lipinski definition) is 2. The van der Waals surface area contributed by atoms with Crippen LogP contribution in [0.25, 0.3) is 0 Å². The Kier molecular flexibility index (Phi) is 2.96. The van der Waals surface area contributed by atoms with Gasteiger partial charge >= 0.3 is 6.03 Å². The lowest BCUT2D eigenvalue weighted by atomic mass is 9.99. The average molecular weight is 249 g/mol. The van der Waals surface area contributed by atoms with Gasteiger partial charge in [0.15, 0.2) is 5.54 Å². The first-order chi connectivity index (χ1) is 8.49.